The first kappa shape index (κ1) is 21.2. The Kier molecular flexibility index (Phi) is 7.79. The molecule has 2 aliphatic rings. The van der Waals surface area contributed by atoms with Crippen molar-refractivity contribution in [2.75, 3.05) is 0 Å². The number of rotatable bonds is 0. The summed E-state index contributed by atoms with van der Waals surface area (Å²) in [6, 6.07) is 0. The van der Waals surface area contributed by atoms with Crippen molar-refractivity contribution in [1.82, 2.24) is 0 Å². The van der Waals surface area contributed by atoms with Crippen LogP contribution in [-0.2, 0) is 26.2 Å². The summed E-state index contributed by atoms with van der Waals surface area (Å²) in [5.41, 5.74) is 3.96. The molecule has 0 aliphatic heterocycles. The van der Waals surface area contributed by atoms with Gasteiger partial charge in [-0.15, -0.1) is 0 Å². The van der Waals surface area contributed by atoms with Gasteiger partial charge in [-0.3, -0.25) is 0 Å². The number of allylic oxidation sites excluding steroid dienone is 4. The average molecular weight is 366 g/mol. The van der Waals surface area contributed by atoms with E-state index in [2.05, 4.69) is 53.7 Å². The second-order valence-corrected chi connectivity index (χ2v) is 7.06. The van der Waals surface area contributed by atoms with Gasteiger partial charge in [0.25, 0.3) is 0 Å². The third kappa shape index (κ3) is 3.74. The van der Waals surface area contributed by atoms with E-state index in [4.69, 9.17) is 0 Å². The Bertz CT molecular complexity index is 348. The molecule has 0 bridgehead atoms. The summed E-state index contributed by atoms with van der Waals surface area (Å²) >= 11 is 0. The van der Waals surface area contributed by atoms with E-state index in [1.807, 2.05) is 0 Å². The van der Waals surface area contributed by atoms with Crippen LogP contribution in [0, 0.1) is 22.7 Å². The molecule has 1 fully saturated rings. The van der Waals surface area contributed by atoms with Crippen molar-refractivity contribution in [2.45, 2.75) is 48.0 Å². The van der Waals surface area contributed by atoms with Crippen molar-refractivity contribution < 1.29 is 51.0 Å². The van der Waals surface area contributed by atoms with Crippen LogP contribution in [0.1, 0.15) is 48.0 Å². The number of hydrogen-bond acceptors (Lipinski definition) is 0. The summed E-state index contributed by atoms with van der Waals surface area (Å²) in [5, 5.41) is 0. The third-order valence-electron chi connectivity index (χ3n) is 4.12. The van der Waals surface area contributed by atoms with E-state index < -0.39 is 0 Å². The molecule has 0 amide bonds. The normalized spacial score (nSPS) is 28.1. The third-order valence-corrected chi connectivity index (χ3v) is 4.12. The SMILES string of the molecule is CC1CC(C)(C)C2=CC(C(C)(C)C)=CC21.[Cl-].[Cl-].[Zr+2]. The number of halogens is 2. The maximum absolute atomic E-state index is 2.52. The van der Waals surface area contributed by atoms with Gasteiger partial charge in [0.15, 0.2) is 0 Å². The summed E-state index contributed by atoms with van der Waals surface area (Å²) in [4.78, 5) is 0. The standard InChI is InChI=1S/C15H24.2ClH.Zr/c1-10-9-15(5,6)13-8-11(7-12(10)13)14(2,3)4;;;/h7-8,10,12H,9H2,1-6H3;2*1H;/q;;;+2/p-2. The molecule has 0 N–H and O–H groups in total. The summed E-state index contributed by atoms with van der Waals surface area (Å²) < 4.78 is 0. The molecule has 0 radical (unpaired) electrons. The van der Waals surface area contributed by atoms with Crippen LogP contribution >= 0.6 is 0 Å². The molecule has 102 valence electrons. The molecule has 1 saturated carbocycles. The predicted octanol–water partition coefficient (Wildman–Crippen LogP) is -1.41. The molecule has 0 spiro atoms. The number of hydrogen-bond donors (Lipinski definition) is 0. The zero-order valence-corrected chi connectivity index (χ0v) is 16.2. The first-order chi connectivity index (χ1) is 6.72. The van der Waals surface area contributed by atoms with Gasteiger partial charge in [0, 0.05) is 5.92 Å². The molecule has 18 heavy (non-hydrogen) atoms. The van der Waals surface area contributed by atoms with Crippen LogP contribution in [0.15, 0.2) is 23.3 Å². The molecule has 0 aromatic carbocycles. The van der Waals surface area contributed by atoms with Gasteiger partial charge in [0.05, 0.1) is 0 Å². The van der Waals surface area contributed by atoms with Gasteiger partial charge in [-0.05, 0) is 28.7 Å². The minimum absolute atomic E-state index is 0. The van der Waals surface area contributed by atoms with Crippen molar-refractivity contribution in [3.8, 4) is 0 Å². The van der Waals surface area contributed by atoms with E-state index in [-0.39, 0.29) is 51.0 Å². The smallest absolute Gasteiger partial charge is 1.00 e. The average Bonchev–Trinajstić information content (AvgIpc) is 2.51. The fraction of sp³-hybridized carbons (Fsp3) is 0.733. The van der Waals surface area contributed by atoms with Crippen molar-refractivity contribution in [1.29, 1.82) is 0 Å². The maximum atomic E-state index is 2.52. The molecule has 0 nitrogen and oxygen atoms in total. The van der Waals surface area contributed by atoms with E-state index in [1.165, 1.54) is 6.42 Å². The molecular weight excluding hydrogens is 342 g/mol. The Morgan fingerprint density at radius 3 is 2.06 bits per heavy atom. The van der Waals surface area contributed by atoms with Crippen molar-refractivity contribution in [2.24, 2.45) is 22.7 Å². The minimum atomic E-state index is 0. The second kappa shape index (κ2) is 6.60. The van der Waals surface area contributed by atoms with Gasteiger partial charge < -0.3 is 24.8 Å². The van der Waals surface area contributed by atoms with Gasteiger partial charge in [-0.2, -0.15) is 0 Å². The Hall–Kier alpha value is 0.943. The quantitative estimate of drug-likeness (QED) is 0.494. The molecule has 0 saturated heterocycles. The van der Waals surface area contributed by atoms with Gasteiger partial charge in [-0.1, -0.05) is 59.3 Å². The Morgan fingerprint density at radius 1 is 1.17 bits per heavy atom. The monoisotopic (exact) mass is 364 g/mol. The molecule has 2 atom stereocenters. The molecule has 0 aromatic rings. The minimum Gasteiger partial charge on any atom is -1.00 e. The van der Waals surface area contributed by atoms with Crippen molar-refractivity contribution >= 4 is 0 Å². The van der Waals surface area contributed by atoms with Gasteiger partial charge in [0.1, 0.15) is 0 Å². The molecule has 2 aliphatic carbocycles. The van der Waals surface area contributed by atoms with E-state index >= 15 is 0 Å². The van der Waals surface area contributed by atoms with E-state index in [1.54, 1.807) is 11.1 Å². The molecule has 0 heterocycles. The molecule has 2 rings (SSSR count). The maximum Gasteiger partial charge on any atom is 2.00 e. The summed E-state index contributed by atoms with van der Waals surface area (Å²) in [5.74, 6) is 1.56. The van der Waals surface area contributed by atoms with E-state index in [9.17, 15) is 0 Å². The van der Waals surface area contributed by atoms with Crippen molar-refractivity contribution in [3.05, 3.63) is 23.3 Å². The summed E-state index contributed by atoms with van der Waals surface area (Å²) in [6.07, 6.45) is 6.35. The topological polar surface area (TPSA) is 0 Å². The Labute approximate surface area is 144 Å². The van der Waals surface area contributed by atoms with Gasteiger partial charge in [-0.25, -0.2) is 0 Å². The number of fused-ring (bicyclic) bond motifs is 1. The summed E-state index contributed by atoms with van der Waals surface area (Å²) in [7, 11) is 0. The van der Waals surface area contributed by atoms with E-state index in [0.29, 0.717) is 10.8 Å². The van der Waals surface area contributed by atoms with Crippen LogP contribution < -0.4 is 24.8 Å². The Morgan fingerprint density at radius 2 is 1.67 bits per heavy atom. The second-order valence-electron chi connectivity index (χ2n) is 7.06. The predicted molar refractivity (Wildman–Crippen MR) is 66.7 cm³/mol. The zero-order valence-electron chi connectivity index (χ0n) is 12.3. The first-order valence-electron chi connectivity index (χ1n) is 6.16. The molecule has 0 aromatic heterocycles. The van der Waals surface area contributed by atoms with Crippen LogP contribution in [0.4, 0.5) is 0 Å². The van der Waals surface area contributed by atoms with Crippen molar-refractivity contribution in [3.63, 3.8) is 0 Å². The molecular formula is C15H24Cl2Zr. The zero-order chi connectivity index (χ0) is 11.4. The van der Waals surface area contributed by atoms with Crippen LogP contribution in [-0.4, -0.2) is 0 Å². The molecule has 3 heteroatoms. The van der Waals surface area contributed by atoms with Gasteiger partial charge in [0.2, 0.25) is 0 Å². The van der Waals surface area contributed by atoms with Crippen LogP contribution in [0.3, 0.4) is 0 Å². The van der Waals surface area contributed by atoms with Crippen LogP contribution in [0.25, 0.3) is 0 Å². The fourth-order valence-electron chi connectivity index (χ4n) is 3.23. The van der Waals surface area contributed by atoms with E-state index in [0.717, 1.165) is 11.8 Å². The van der Waals surface area contributed by atoms with Crippen LogP contribution in [0.5, 0.6) is 0 Å². The van der Waals surface area contributed by atoms with Crippen LogP contribution in [0.2, 0.25) is 0 Å². The van der Waals surface area contributed by atoms with Gasteiger partial charge >= 0.3 is 26.2 Å². The fourth-order valence-corrected chi connectivity index (χ4v) is 3.23. The molecule has 2 unspecified atom stereocenters. The first-order valence-corrected chi connectivity index (χ1v) is 6.16. The Balaban J connectivity index is 0. The summed E-state index contributed by atoms with van der Waals surface area (Å²) in [6.45, 7) is 14.1. The largest absolute Gasteiger partial charge is 2.00 e.